The molecule has 1 unspecified atom stereocenters. The number of allylic oxidation sites excluding steroid dienone is 1. The lowest BCUT2D eigenvalue weighted by molar-refractivity contribution is -0.266. The normalized spacial score (nSPS) is 24.7. The highest BCUT2D eigenvalue weighted by atomic mass is 16.6. The van der Waals surface area contributed by atoms with Crippen LogP contribution in [0.4, 0.5) is 26.7 Å². The highest BCUT2D eigenvalue weighted by Crippen LogP contribution is 2.60. The molecule has 5 aromatic rings. The number of nitrogens with zero attached hydrogens (tertiary/aromatic N) is 2. The van der Waals surface area contributed by atoms with E-state index in [1.807, 2.05) is 99.8 Å². The third kappa shape index (κ3) is 27.6. The number of nitrogens with one attached hydrogen (secondary N) is 12. The number of aromatic hydroxyl groups is 1. The summed E-state index contributed by atoms with van der Waals surface area (Å²) in [6.45, 7) is 13.0. The monoisotopic (exact) mass is 2030 g/mol. The maximum atomic E-state index is 14.9. The summed E-state index contributed by atoms with van der Waals surface area (Å²) in [5, 5.41) is 80.1. The van der Waals surface area contributed by atoms with E-state index < -0.39 is 125 Å². The Kier molecular flexibility index (Phi) is 39.9. The molecule has 1 saturated heterocycles. The molecule has 5 aliphatic carbocycles. The van der Waals surface area contributed by atoms with Crippen LogP contribution in [0.1, 0.15) is 227 Å². The van der Waals surface area contributed by atoms with E-state index in [4.69, 9.17) is 44.7 Å². The molecule has 3 aliphatic heterocycles. The molecule has 3 fully saturated rings. The molecule has 796 valence electrons. The molecule has 8 aliphatic rings. The Morgan fingerprint density at radius 1 is 0.582 bits per heavy atom. The van der Waals surface area contributed by atoms with Crippen molar-refractivity contribution in [2.75, 3.05) is 108 Å². The molecule has 0 spiro atoms. The zero-order valence-corrected chi connectivity index (χ0v) is 85.0. The molecule has 15 atom stereocenters. The Bertz CT molecular complexity index is 5450. The number of unbranched alkanes of at least 4 members (excludes halogenated alkanes) is 1. The quantitative estimate of drug-likeness (QED) is 0.00776. The number of amides is 11. The number of primary amides is 1. The number of anilines is 3. The van der Waals surface area contributed by atoms with Crippen molar-refractivity contribution in [2.45, 2.75) is 268 Å². The van der Waals surface area contributed by atoms with E-state index >= 15 is 0 Å². The van der Waals surface area contributed by atoms with Crippen LogP contribution >= 0.6 is 0 Å². The maximum Gasteiger partial charge on any atom is 0.411 e. The van der Waals surface area contributed by atoms with Gasteiger partial charge in [0.25, 0.3) is 0 Å². The van der Waals surface area contributed by atoms with Crippen LogP contribution in [-0.2, 0) is 113 Å². The standard InChI is InChI=1S/C107H150N16O23/c1-65(2)90(81(126)58-69(21-17-48-113-102(108)138)97(134)114-71-34-28-66(29-35-71)63-145-103(139)115-72-36-30-67-32-38-84-104(3,76(67)59-72)43-18-45-106(84,5)100(136)118-101(137)107(6)46-19-44-105(4)77-60-73(125)37-31-68(77)33-39-85(105)107)117-98(135)78(24-15-16-47-111-88(129)64-144-82-27-10-8-9-26-80-93(82)120-121-123(80)99-96(133)95(132)94(131)83(62-124)146-99)116-87(128)42-50-140-52-54-142-56-57-143-55-53-141-51-49-112-86(127)40-41-89(130)122-61-70-20-11-12-22-74(70)91(110-7)92(119-109)75-23-13-14-25-79(75)122/h11-14,20,22-23,25,28-31,34-37,59-60,65,69,78,82-85,90,94-96,99,110,119-121,124-125,131-133H,8-10,15-19,21,24,26-27,32-33,38-58,61-64,109H2,1-7H3,(H,111,129)(H,112,127)(H,114,134)(H,115,139)(H,116,128)(H,117,135)(H3,108,113,138)(H,118,136,137)/b92-91-/t69-,78-,82?,83-,84-,85-,90+,94+,95+,96-,99-,104-,105-,106+,107+/m1/s1. The molecule has 11 amide bonds. The van der Waals surface area contributed by atoms with Gasteiger partial charge in [0.05, 0.1) is 111 Å². The minimum absolute atomic E-state index is 0.0214. The second-order valence-electron chi connectivity index (χ2n) is 40.9. The van der Waals surface area contributed by atoms with Crippen LogP contribution in [0.2, 0.25) is 0 Å². The third-order valence-electron chi connectivity index (χ3n) is 30.8. The Hall–Kier alpha value is -11.7. The summed E-state index contributed by atoms with van der Waals surface area (Å²) in [4.78, 5) is 155. The average Bonchev–Trinajstić information content (AvgIpc) is 0.841. The van der Waals surface area contributed by atoms with Crippen molar-refractivity contribution in [3.05, 3.63) is 165 Å². The van der Waals surface area contributed by atoms with Crippen LogP contribution in [0, 0.1) is 34.5 Å². The molecule has 3 heterocycles. The van der Waals surface area contributed by atoms with Crippen LogP contribution in [0.25, 0.3) is 11.4 Å². The number of aryl methyl sites for hydroxylation is 2. The van der Waals surface area contributed by atoms with Gasteiger partial charge in [0.15, 0.2) is 12.0 Å². The number of Topliss-reactive ketones (excluding diaryl/α,β-unsaturated/α-hetero) is 1. The smallest absolute Gasteiger partial charge is 0.411 e. The molecular formula is C107H150N16O23. The predicted octanol–water partition coefficient (Wildman–Crippen LogP) is 7.47. The van der Waals surface area contributed by atoms with Gasteiger partial charge in [0, 0.05) is 80.8 Å². The molecule has 39 heteroatoms. The van der Waals surface area contributed by atoms with Gasteiger partial charge in [0.1, 0.15) is 55.5 Å². The summed E-state index contributed by atoms with van der Waals surface area (Å²) >= 11 is 0. The van der Waals surface area contributed by atoms with Crippen LogP contribution in [0.15, 0.2) is 121 Å². The van der Waals surface area contributed by atoms with E-state index in [2.05, 4.69) is 78.1 Å². The minimum Gasteiger partial charge on any atom is -0.508 e. The fourth-order valence-electron chi connectivity index (χ4n) is 22.9. The van der Waals surface area contributed by atoms with Gasteiger partial charge in [-0.2, -0.15) is 0 Å². The van der Waals surface area contributed by atoms with Gasteiger partial charge >= 0.3 is 12.1 Å². The molecular weight excluding hydrogens is 1880 g/mol. The van der Waals surface area contributed by atoms with Gasteiger partial charge in [-0.1, -0.05) is 134 Å². The summed E-state index contributed by atoms with van der Waals surface area (Å²) < 4.78 is 40.6. The number of hydrazine groups is 3. The van der Waals surface area contributed by atoms with Crippen molar-refractivity contribution in [3.63, 3.8) is 0 Å². The number of phenolic OH excluding ortho intramolecular Hbond substituents is 1. The number of para-hydroxylation sites is 1. The molecule has 39 nitrogen and oxygen atoms in total. The number of ether oxygens (including phenoxy) is 7. The van der Waals surface area contributed by atoms with Gasteiger partial charge in [0.2, 0.25) is 47.3 Å². The van der Waals surface area contributed by atoms with Crippen LogP contribution in [-0.4, -0.2) is 237 Å². The Morgan fingerprint density at radius 3 is 1.88 bits per heavy atom. The number of hydrogen-bond donors (Lipinski definition) is 19. The fraction of sp³-hybridized carbons (Fsp3) is 0.579. The third-order valence-corrected chi connectivity index (χ3v) is 30.8. The first-order valence-corrected chi connectivity index (χ1v) is 51.7. The molecule has 0 radical (unpaired) electrons. The fourth-order valence-corrected chi connectivity index (χ4v) is 22.9. The predicted molar refractivity (Wildman–Crippen MR) is 543 cm³/mol. The molecule has 2 saturated carbocycles. The number of ketones is 1. The highest BCUT2D eigenvalue weighted by molar-refractivity contribution is 6.04. The topological polar surface area (TPSA) is 556 Å². The van der Waals surface area contributed by atoms with Crippen LogP contribution < -0.4 is 80.7 Å². The molecule has 21 N–H and O–H groups in total. The van der Waals surface area contributed by atoms with Crippen molar-refractivity contribution < 1.29 is 111 Å². The van der Waals surface area contributed by atoms with Gasteiger partial charge in [-0.25, -0.2) is 9.59 Å². The second kappa shape index (κ2) is 52.2. The lowest BCUT2D eigenvalue weighted by Crippen LogP contribution is -2.64. The largest absolute Gasteiger partial charge is 0.508 e. The average molecular weight is 2030 g/mol. The number of carbonyl (C=O) groups excluding carboxylic acids is 11. The SMILES string of the molecule is CN/C1=C(\NN)c2ccccc2N(C(=O)CCC(=O)NCCOCCOCCOCCOCCC(=O)N[C@H](CCCCNC(=O)COC2CCCCCC3=C2NNN3[C@@H]2O[C@H](CO)[C@H](O)[C@H](O)[C@H]2O)C(=O)N[C@H](C(=O)C[C@@H](CCCNC(N)=O)C(=O)Nc2ccc(COC(=O)Nc3ccc4c(c3)[C@@]3(C)CCC[C@](C)(C(=O)NC(=O)[C@@]5(C)CCC[C@]6(C)c7cc(O)ccc7CC[C@@H]56)[C@@H]3CC4)cc2)C(C)C)Cc2ccccc21. The Labute approximate surface area is 853 Å². The van der Waals surface area contributed by atoms with Crippen LogP contribution in [0.3, 0.4) is 0 Å². The zero-order chi connectivity index (χ0) is 104. The summed E-state index contributed by atoms with van der Waals surface area (Å²) in [6, 6.07) is 30.1. The molecule has 0 bridgehead atoms. The van der Waals surface area contributed by atoms with Crippen LogP contribution in [0.5, 0.6) is 5.75 Å². The van der Waals surface area contributed by atoms with Gasteiger partial charge in [-0.15, -0.1) is 5.53 Å². The Balaban J connectivity index is 0.563. The number of fused-ring (bicyclic) bond motifs is 8. The van der Waals surface area contributed by atoms with Crippen molar-refractivity contribution in [3.8, 4) is 5.75 Å². The van der Waals surface area contributed by atoms with E-state index in [9.17, 15) is 78.3 Å². The minimum atomic E-state index is -1.61. The molecule has 146 heavy (non-hydrogen) atoms. The van der Waals surface area contributed by atoms with Crippen molar-refractivity contribution in [2.24, 2.45) is 46.1 Å². The Morgan fingerprint density at radius 2 is 1.21 bits per heavy atom. The number of nitrogens with two attached hydrogens (primary N) is 2. The van der Waals surface area contributed by atoms with Gasteiger partial charge in [-0.05, 0) is 207 Å². The highest BCUT2D eigenvalue weighted by Gasteiger charge is 2.59. The van der Waals surface area contributed by atoms with Gasteiger partial charge < -0.3 is 117 Å². The number of benzene rings is 5. The number of phenols is 1. The number of aliphatic hydroxyl groups excluding tert-OH is 4. The van der Waals surface area contributed by atoms with E-state index in [-0.39, 0.29) is 184 Å². The first-order chi connectivity index (χ1) is 70.2. The van der Waals surface area contributed by atoms with Crippen molar-refractivity contribution in [1.82, 2.24) is 58.6 Å². The number of aliphatic hydroxyl groups is 4. The van der Waals surface area contributed by atoms with E-state index in [1.54, 1.807) is 49.1 Å². The van der Waals surface area contributed by atoms with Crippen molar-refractivity contribution >= 4 is 93.6 Å². The lowest BCUT2D eigenvalue weighted by atomic mass is 9.49. The number of urea groups is 1. The summed E-state index contributed by atoms with van der Waals surface area (Å²) in [5.74, 6) is 0.950. The lowest BCUT2D eigenvalue weighted by Gasteiger charge is -2.56. The second-order valence-corrected chi connectivity index (χ2v) is 40.9. The summed E-state index contributed by atoms with van der Waals surface area (Å²) in [5.41, 5.74) is 23.6. The summed E-state index contributed by atoms with van der Waals surface area (Å²) in [6.07, 6.45) is 3.07. The van der Waals surface area contributed by atoms with Crippen molar-refractivity contribution in [1.29, 1.82) is 0 Å². The van der Waals surface area contributed by atoms with E-state index in [0.29, 0.717) is 84.7 Å². The molecule has 0 aromatic heterocycles. The number of imide groups is 1. The number of hydrogen-bond acceptors (Lipinski definition) is 29. The first-order valence-electron chi connectivity index (χ1n) is 51.7. The number of rotatable bonds is 48. The maximum absolute atomic E-state index is 14.9. The van der Waals surface area contributed by atoms with Gasteiger partial charge in [-0.3, -0.25) is 64.6 Å². The van der Waals surface area contributed by atoms with E-state index in [0.717, 1.165) is 103 Å². The molecule has 13 rings (SSSR count). The number of carbonyl (C=O) groups is 11. The first kappa shape index (κ1) is 111. The molecule has 5 aromatic carbocycles. The summed E-state index contributed by atoms with van der Waals surface area (Å²) in [7, 11) is 1.81. The zero-order valence-electron chi connectivity index (χ0n) is 85.0. The van der Waals surface area contributed by atoms with E-state index in [1.165, 1.54) is 10.6 Å².